The molecule has 0 saturated carbocycles. The summed E-state index contributed by atoms with van der Waals surface area (Å²) in [5.41, 5.74) is 3.84. The number of rotatable bonds is 12. The van der Waals surface area contributed by atoms with E-state index < -0.39 is 68.0 Å². The quantitative estimate of drug-likeness (QED) is 0.120. The van der Waals surface area contributed by atoms with Crippen molar-refractivity contribution in [3.63, 3.8) is 0 Å². The first kappa shape index (κ1) is 37.0. The highest BCUT2D eigenvalue weighted by Crippen LogP contribution is 2.48. The maximum atomic E-state index is 15.4. The number of fused-ring (bicyclic) bond motifs is 1. The molecule has 0 radical (unpaired) electrons. The third-order valence-electron chi connectivity index (χ3n) is 7.69. The molecule has 18 heteroatoms. The van der Waals surface area contributed by atoms with Gasteiger partial charge in [-0.1, -0.05) is 24.3 Å². The van der Waals surface area contributed by atoms with Crippen molar-refractivity contribution in [2.75, 3.05) is 11.9 Å². The Morgan fingerprint density at radius 1 is 1.22 bits per heavy atom. The first-order valence-corrected chi connectivity index (χ1v) is 17.2. The number of hydrogen-bond acceptors (Lipinski definition) is 12. The summed E-state index contributed by atoms with van der Waals surface area (Å²) < 4.78 is 72.2. The predicted octanol–water partition coefficient (Wildman–Crippen LogP) is 3.52. The van der Waals surface area contributed by atoms with Crippen LogP contribution in [0.3, 0.4) is 0 Å². The van der Waals surface area contributed by atoms with Crippen LogP contribution in [0, 0.1) is 0 Å². The number of ether oxygens (including phenoxy) is 3. The number of nitrogens with zero attached hydrogens (tertiary/aromatic N) is 2. The second-order valence-electron chi connectivity index (χ2n) is 12.4. The van der Waals surface area contributed by atoms with Gasteiger partial charge in [-0.15, -0.1) is 0 Å². The molecule has 15 nitrogen and oxygen atoms in total. The second-order valence-corrected chi connectivity index (χ2v) is 14.0. The van der Waals surface area contributed by atoms with Crippen LogP contribution in [0.4, 0.5) is 14.6 Å². The molecule has 6 atom stereocenters. The Bertz CT molecular complexity index is 1830. The van der Waals surface area contributed by atoms with E-state index in [4.69, 9.17) is 29.0 Å². The lowest BCUT2D eigenvalue weighted by Gasteiger charge is -2.30. The molecule has 2 aliphatic rings. The number of benzene rings is 2. The number of anilines is 1. The zero-order valence-electron chi connectivity index (χ0n) is 27.6. The van der Waals surface area contributed by atoms with Crippen molar-refractivity contribution in [3.8, 4) is 11.5 Å². The lowest BCUT2D eigenvalue weighted by Crippen LogP contribution is -2.57. The maximum absolute atomic E-state index is 15.4. The fraction of sp³-hybridized carbons (Fsp3) is 0.438. The summed E-state index contributed by atoms with van der Waals surface area (Å²) >= 11 is 0. The van der Waals surface area contributed by atoms with E-state index in [1.165, 1.54) is 12.1 Å². The fourth-order valence-corrected chi connectivity index (χ4v) is 6.71. The number of amides is 1. The van der Waals surface area contributed by atoms with Gasteiger partial charge >= 0.3 is 25.3 Å². The number of halogens is 2. The van der Waals surface area contributed by atoms with E-state index in [0.29, 0.717) is 10.3 Å². The van der Waals surface area contributed by atoms with Crippen molar-refractivity contribution >= 4 is 25.4 Å². The Morgan fingerprint density at radius 3 is 2.62 bits per heavy atom. The minimum absolute atomic E-state index is 0.00631. The summed E-state index contributed by atoms with van der Waals surface area (Å²) in [6, 6.07) is 13.6. The van der Waals surface area contributed by atoms with Gasteiger partial charge in [0.15, 0.2) is 11.8 Å². The molecular weight excluding hydrogens is 683 g/mol. The van der Waals surface area contributed by atoms with Crippen molar-refractivity contribution < 1.29 is 51.3 Å². The number of carbonyl (C=O) groups is 2. The maximum Gasteiger partial charge on any atom is 0.460 e. The average Bonchev–Trinajstić information content (AvgIpc) is 3.26. The molecule has 0 aliphatic carbocycles. The number of aliphatic hydroxyl groups is 1. The third kappa shape index (κ3) is 8.37. The predicted molar refractivity (Wildman–Crippen MR) is 174 cm³/mol. The Kier molecular flexibility index (Phi) is 10.8. The van der Waals surface area contributed by atoms with Crippen molar-refractivity contribution in [2.24, 2.45) is 5.73 Å². The Labute approximate surface area is 285 Å². The van der Waals surface area contributed by atoms with Gasteiger partial charge in [-0.3, -0.25) is 13.9 Å². The number of hydrogen-bond donors (Lipinski definition) is 4. The van der Waals surface area contributed by atoms with Gasteiger partial charge < -0.3 is 34.9 Å². The normalized spacial score (nSPS) is 23.5. The molecule has 0 spiro atoms. The van der Waals surface area contributed by atoms with Crippen LogP contribution >= 0.6 is 7.75 Å². The second kappa shape index (κ2) is 14.5. The molecule has 1 saturated heterocycles. The standard InChI is InChI=1S/C32H38F2N5O10P/c1-18(2)46-29(42)31(4,35)38-50(44,49-22-8-6-5-7-9-22)45-17-24-26(40)32(33,34)28(48-24)39-15-14-25(37-30(39)43)36-27(41)21-13-12-20-11-10-19(3)47-23(20)16-21/h5-9,12-16,18-19,24,26,28,40H,10-11,17,35H2,1-4H3,(H,38,44)(H,36,37,41,43). The average molecular weight is 722 g/mol. The van der Waals surface area contributed by atoms with Crippen molar-refractivity contribution in [1.29, 1.82) is 0 Å². The monoisotopic (exact) mass is 721 g/mol. The van der Waals surface area contributed by atoms with Crippen LogP contribution in [0.1, 0.15) is 56.3 Å². The van der Waals surface area contributed by atoms with Gasteiger partial charge in [0.1, 0.15) is 23.4 Å². The van der Waals surface area contributed by atoms with Gasteiger partial charge in [0.25, 0.3) is 5.91 Å². The minimum atomic E-state index is -4.68. The van der Waals surface area contributed by atoms with Crippen molar-refractivity contribution in [2.45, 2.75) is 82.8 Å². The number of esters is 1. The van der Waals surface area contributed by atoms with Gasteiger partial charge in [0, 0.05) is 11.8 Å². The Balaban J connectivity index is 1.30. The number of carbonyl (C=O) groups excluding carboxylic acids is 2. The molecule has 3 heterocycles. The van der Waals surface area contributed by atoms with Crippen LogP contribution in [0.15, 0.2) is 65.6 Å². The van der Waals surface area contributed by atoms with Gasteiger partial charge in [-0.2, -0.15) is 18.9 Å². The zero-order valence-corrected chi connectivity index (χ0v) is 28.5. The van der Waals surface area contributed by atoms with Crippen molar-refractivity contribution in [1.82, 2.24) is 14.6 Å². The van der Waals surface area contributed by atoms with Crippen LogP contribution in [0.25, 0.3) is 0 Å². The van der Waals surface area contributed by atoms with Gasteiger partial charge in [0.05, 0.1) is 18.8 Å². The van der Waals surface area contributed by atoms with E-state index >= 15 is 8.78 Å². The van der Waals surface area contributed by atoms with E-state index in [-0.39, 0.29) is 23.2 Å². The summed E-state index contributed by atoms with van der Waals surface area (Å²) in [6.45, 7) is 5.22. The smallest absolute Gasteiger partial charge is 0.460 e. The molecular formula is C32H38F2N5O10P. The Morgan fingerprint density at radius 2 is 1.94 bits per heavy atom. The third-order valence-corrected chi connectivity index (χ3v) is 9.37. The molecule has 50 heavy (non-hydrogen) atoms. The number of nitrogens with one attached hydrogen (secondary N) is 2. The molecule has 270 valence electrons. The first-order chi connectivity index (χ1) is 23.5. The molecule has 6 unspecified atom stereocenters. The van der Waals surface area contributed by atoms with Crippen LogP contribution in [0.5, 0.6) is 11.5 Å². The topological polar surface area (TPSA) is 203 Å². The van der Waals surface area contributed by atoms with Crippen LogP contribution in [-0.2, 0) is 29.8 Å². The summed E-state index contributed by atoms with van der Waals surface area (Å²) in [5, 5.41) is 15.3. The summed E-state index contributed by atoms with van der Waals surface area (Å²) in [7, 11) is -4.68. The molecule has 0 bridgehead atoms. The van der Waals surface area contributed by atoms with Gasteiger partial charge in [0.2, 0.25) is 6.23 Å². The largest absolute Gasteiger partial charge is 0.490 e. The SMILES string of the molecule is CC(C)OC(=O)C(C)(N)NP(=O)(OCC1OC(n2ccc(NC(=O)c3ccc4c(c3)OC(C)CC4)nc2=O)C(F)(F)C1O)Oc1ccccc1. The van der Waals surface area contributed by atoms with Gasteiger partial charge in [-0.05, 0) is 76.4 Å². The number of aryl methyl sites for hydroxylation is 1. The molecule has 1 fully saturated rings. The van der Waals surface area contributed by atoms with Crippen LogP contribution < -0.4 is 31.1 Å². The summed E-state index contributed by atoms with van der Waals surface area (Å²) in [6.07, 6.45) is -4.83. The summed E-state index contributed by atoms with van der Waals surface area (Å²) in [5.74, 6) is -5.36. The van der Waals surface area contributed by atoms with E-state index in [0.717, 1.165) is 37.6 Å². The number of aliphatic hydroxyl groups excluding tert-OH is 1. The molecule has 5 rings (SSSR count). The molecule has 2 aliphatic heterocycles. The molecule has 3 aromatic rings. The molecule has 1 aromatic heterocycles. The number of aromatic nitrogens is 2. The molecule has 2 aromatic carbocycles. The lowest BCUT2D eigenvalue weighted by molar-refractivity contribution is -0.154. The lowest BCUT2D eigenvalue weighted by atomic mass is 10.0. The first-order valence-electron chi connectivity index (χ1n) is 15.7. The van der Waals surface area contributed by atoms with Crippen LogP contribution in [0.2, 0.25) is 0 Å². The van der Waals surface area contributed by atoms with E-state index in [2.05, 4.69) is 15.4 Å². The number of alkyl halides is 2. The molecule has 5 N–H and O–H groups in total. The fourth-order valence-electron chi connectivity index (χ4n) is 5.14. The summed E-state index contributed by atoms with van der Waals surface area (Å²) in [4.78, 5) is 42.1. The van der Waals surface area contributed by atoms with E-state index in [1.54, 1.807) is 50.2 Å². The molecule has 1 amide bonds. The highest BCUT2D eigenvalue weighted by molar-refractivity contribution is 7.52. The zero-order chi connectivity index (χ0) is 36.4. The van der Waals surface area contributed by atoms with Crippen LogP contribution in [-0.4, -0.2) is 69.1 Å². The van der Waals surface area contributed by atoms with Gasteiger partial charge in [-0.25, -0.2) is 14.2 Å². The number of nitrogens with two attached hydrogens (primary N) is 1. The van der Waals surface area contributed by atoms with E-state index in [1.807, 2.05) is 6.92 Å². The Hall–Kier alpha value is -4.25. The van der Waals surface area contributed by atoms with Crippen molar-refractivity contribution in [3.05, 3.63) is 82.4 Å². The number of para-hydroxylation sites is 1. The highest BCUT2D eigenvalue weighted by Gasteiger charge is 2.60. The highest BCUT2D eigenvalue weighted by atomic mass is 31.2. The minimum Gasteiger partial charge on any atom is -0.490 e. The van der Waals surface area contributed by atoms with E-state index in [9.17, 15) is 24.1 Å².